The molecule has 0 spiro atoms. The third-order valence-corrected chi connectivity index (χ3v) is 2.37. The molecule has 65 valence electrons. The van der Waals surface area contributed by atoms with Crippen LogP contribution in [0.5, 0.6) is 0 Å². The van der Waals surface area contributed by atoms with Gasteiger partial charge in [0.05, 0.1) is 0 Å². The summed E-state index contributed by atoms with van der Waals surface area (Å²) in [5, 5.41) is 0. The zero-order chi connectivity index (χ0) is 9.26. The molecule has 2 aliphatic carbocycles. The summed E-state index contributed by atoms with van der Waals surface area (Å²) in [7, 11) is 0. The maximum absolute atomic E-state index is 2.22. The van der Waals surface area contributed by atoms with Crippen LogP contribution in [0.15, 0.2) is 58.7 Å². The van der Waals surface area contributed by atoms with Crippen molar-refractivity contribution in [2.75, 3.05) is 0 Å². The molecule has 0 atom stereocenters. The lowest BCUT2D eigenvalue weighted by Crippen LogP contribution is -1.92. The molecule has 2 aliphatic rings. The summed E-state index contributed by atoms with van der Waals surface area (Å²) in [6.45, 7) is 4.29. The fourth-order valence-electron chi connectivity index (χ4n) is 1.62. The molecule has 1 radical (unpaired) electrons. The minimum absolute atomic E-state index is 1.31. The maximum atomic E-state index is 2.22. The van der Waals surface area contributed by atoms with Crippen LogP contribution in [0.3, 0.4) is 0 Å². The minimum Gasteiger partial charge on any atom is -0.0761 e. The van der Waals surface area contributed by atoms with Crippen molar-refractivity contribution in [2.45, 2.75) is 13.8 Å². The molecule has 0 saturated heterocycles. The lowest BCUT2D eigenvalue weighted by atomic mass is 9.94. The lowest BCUT2D eigenvalue weighted by Gasteiger charge is -2.11. The smallest absolute Gasteiger partial charge is 0.00572 e. The summed E-state index contributed by atoms with van der Waals surface area (Å²) < 4.78 is 0. The first kappa shape index (κ1) is 8.31. The Labute approximate surface area is 79.7 Å². The van der Waals surface area contributed by atoms with Gasteiger partial charge in [-0.1, -0.05) is 42.0 Å². The van der Waals surface area contributed by atoms with Gasteiger partial charge in [0.25, 0.3) is 0 Å². The van der Waals surface area contributed by atoms with Crippen LogP contribution in [-0.2, 0) is 0 Å². The van der Waals surface area contributed by atoms with Gasteiger partial charge in [0, 0.05) is 6.42 Å². The third kappa shape index (κ3) is 1.57. The number of hydrogen-bond acceptors (Lipinski definition) is 0. The van der Waals surface area contributed by atoms with Crippen molar-refractivity contribution in [1.82, 2.24) is 0 Å². The largest absolute Gasteiger partial charge is 0.0761 e. The molecule has 13 heavy (non-hydrogen) atoms. The van der Waals surface area contributed by atoms with Gasteiger partial charge in [-0.15, -0.1) is 0 Å². The Morgan fingerprint density at radius 2 is 1.85 bits per heavy atom. The molecule has 0 aromatic rings. The fourth-order valence-corrected chi connectivity index (χ4v) is 1.62. The van der Waals surface area contributed by atoms with E-state index in [-0.39, 0.29) is 0 Å². The average molecular weight is 169 g/mol. The number of rotatable bonds is 0. The molecular formula is C13H13. The summed E-state index contributed by atoms with van der Waals surface area (Å²) in [6, 6.07) is 0. The first-order valence-corrected chi connectivity index (χ1v) is 4.57. The second-order valence-corrected chi connectivity index (χ2v) is 3.49. The minimum atomic E-state index is 1.31. The van der Waals surface area contributed by atoms with E-state index in [1.54, 1.807) is 0 Å². The van der Waals surface area contributed by atoms with Gasteiger partial charge in [0.15, 0.2) is 0 Å². The second kappa shape index (κ2) is 3.21. The van der Waals surface area contributed by atoms with Crippen molar-refractivity contribution in [1.29, 1.82) is 0 Å². The van der Waals surface area contributed by atoms with E-state index in [0.29, 0.717) is 0 Å². The van der Waals surface area contributed by atoms with E-state index in [4.69, 9.17) is 0 Å². The van der Waals surface area contributed by atoms with E-state index in [0.717, 1.165) is 0 Å². The van der Waals surface area contributed by atoms with Crippen LogP contribution in [0.25, 0.3) is 0 Å². The van der Waals surface area contributed by atoms with Gasteiger partial charge in [-0.2, -0.15) is 0 Å². The molecule has 2 rings (SSSR count). The van der Waals surface area contributed by atoms with E-state index in [2.05, 4.69) is 56.7 Å². The highest BCUT2D eigenvalue weighted by atomic mass is 14.1. The molecule has 0 aromatic heterocycles. The highest BCUT2D eigenvalue weighted by Crippen LogP contribution is 2.27. The zero-order valence-corrected chi connectivity index (χ0v) is 8.04. The Bertz CT molecular complexity index is 371. The molecule has 0 N–H and O–H groups in total. The quantitative estimate of drug-likeness (QED) is 0.520. The number of allylic oxidation sites excluding steroid dienone is 10. The van der Waals surface area contributed by atoms with Crippen molar-refractivity contribution in [3.63, 3.8) is 0 Å². The molecular weight excluding hydrogens is 156 g/mol. The van der Waals surface area contributed by atoms with Crippen LogP contribution in [0.1, 0.15) is 13.8 Å². The predicted molar refractivity (Wildman–Crippen MR) is 57.1 cm³/mol. The zero-order valence-electron chi connectivity index (χ0n) is 8.04. The normalized spacial score (nSPS) is 20.8. The SMILES string of the molecule is CC1=CC=C(C)C2=C[CH]C=CC2=C1. The van der Waals surface area contributed by atoms with E-state index in [9.17, 15) is 0 Å². The summed E-state index contributed by atoms with van der Waals surface area (Å²) in [4.78, 5) is 0. The molecule has 0 aliphatic heterocycles. The Balaban J connectivity index is 2.52. The van der Waals surface area contributed by atoms with Gasteiger partial charge in [-0.05, 0) is 30.6 Å². The molecule has 0 amide bonds. The van der Waals surface area contributed by atoms with E-state index in [1.807, 2.05) is 0 Å². The van der Waals surface area contributed by atoms with Crippen molar-refractivity contribution in [3.05, 3.63) is 65.2 Å². The molecule has 0 bridgehead atoms. The predicted octanol–water partition coefficient (Wildman–Crippen LogP) is 3.52. The first-order chi connectivity index (χ1) is 6.27. The van der Waals surface area contributed by atoms with Crippen molar-refractivity contribution < 1.29 is 0 Å². The standard InChI is InChI=1S/C13H13/c1-10-7-8-11(2)13-6-4-3-5-12(13)9-10/h3-9H,1-2H3. The first-order valence-electron chi connectivity index (χ1n) is 4.57. The molecule has 0 heteroatoms. The molecule has 0 fully saturated rings. The van der Waals surface area contributed by atoms with Gasteiger partial charge in [0.1, 0.15) is 0 Å². The van der Waals surface area contributed by atoms with Crippen molar-refractivity contribution in [2.24, 2.45) is 0 Å². The molecule has 0 heterocycles. The summed E-state index contributed by atoms with van der Waals surface area (Å²) >= 11 is 0. The van der Waals surface area contributed by atoms with E-state index in [1.165, 1.54) is 22.3 Å². The van der Waals surface area contributed by atoms with Crippen molar-refractivity contribution >= 4 is 0 Å². The third-order valence-electron chi connectivity index (χ3n) is 2.37. The van der Waals surface area contributed by atoms with Crippen LogP contribution in [0.4, 0.5) is 0 Å². The van der Waals surface area contributed by atoms with Crippen LogP contribution in [0.2, 0.25) is 0 Å². The topological polar surface area (TPSA) is 0 Å². The van der Waals surface area contributed by atoms with Gasteiger partial charge in [-0.25, -0.2) is 0 Å². The van der Waals surface area contributed by atoms with Crippen LogP contribution in [0, 0.1) is 6.42 Å². The summed E-state index contributed by atoms with van der Waals surface area (Å²) in [5.74, 6) is 0. The average Bonchev–Trinajstić information content (AvgIpc) is 2.27. The van der Waals surface area contributed by atoms with E-state index < -0.39 is 0 Å². The second-order valence-electron chi connectivity index (χ2n) is 3.49. The molecule has 0 saturated carbocycles. The molecule has 0 unspecified atom stereocenters. The maximum Gasteiger partial charge on any atom is 0.00572 e. The number of fused-ring (bicyclic) bond motifs is 1. The van der Waals surface area contributed by atoms with Gasteiger partial charge >= 0.3 is 0 Å². The van der Waals surface area contributed by atoms with Gasteiger partial charge in [-0.3, -0.25) is 0 Å². The fraction of sp³-hybridized carbons (Fsp3) is 0.154. The van der Waals surface area contributed by atoms with Crippen LogP contribution < -0.4 is 0 Å². The van der Waals surface area contributed by atoms with E-state index >= 15 is 0 Å². The molecule has 0 aromatic carbocycles. The summed E-state index contributed by atoms with van der Waals surface area (Å²) in [6.07, 6.45) is 15.1. The summed E-state index contributed by atoms with van der Waals surface area (Å²) in [5.41, 5.74) is 5.31. The van der Waals surface area contributed by atoms with Gasteiger partial charge < -0.3 is 0 Å². The highest BCUT2D eigenvalue weighted by molar-refractivity contribution is 5.59. The van der Waals surface area contributed by atoms with Gasteiger partial charge in [0.2, 0.25) is 0 Å². The Morgan fingerprint density at radius 1 is 1.00 bits per heavy atom. The Hall–Kier alpha value is -1.30. The lowest BCUT2D eigenvalue weighted by molar-refractivity contribution is 1.35. The van der Waals surface area contributed by atoms with Crippen molar-refractivity contribution in [3.8, 4) is 0 Å². The van der Waals surface area contributed by atoms with Crippen LogP contribution >= 0.6 is 0 Å². The monoisotopic (exact) mass is 169 g/mol. The Kier molecular flexibility index (Phi) is 2.05. The van der Waals surface area contributed by atoms with Crippen LogP contribution in [-0.4, -0.2) is 0 Å². The number of hydrogen-bond donors (Lipinski definition) is 0. The Morgan fingerprint density at radius 3 is 2.69 bits per heavy atom. The highest BCUT2D eigenvalue weighted by Gasteiger charge is 2.09. The molecule has 0 nitrogen and oxygen atoms in total.